The minimum absolute atomic E-state index is 0.130. The summed E-state index contributed by atoms with van der Waals surface area (Å²) >= 11 is 0. The second-order valence-corrected chi connectivity index (χ2v) is 8.16. The molecule has 31 heavy (non-hydrogen) atoms. The van der Waals surface area contributed by atoms with E-state index in [1.165, 1.54) is 5.56 Å². The van der Waals surface area contributed by atoms with Crippen LogP contribution >= 0.6 is 0 Å². The summed E-state index contributed by atoms with van der Waals surface area (Å²) in [6, 6.07) is 12.9. The summed E-state index contributed by atoms with van der Waals surface area (Å²) in [5, 5.41) is 23.8. The first-order valence-electron chi connectivity index (χ1n) is 10.8. The van der Waals surface area contributed by atoms with E-state index >= 15 is 0 Å². The first kappa shape index (κ1) is 19.6. The van der Waals surface area contributed by atoms with Crippen molar-refractivity contribution in [1.29, 1.82) is 0 Å². The molecule has 0 bridgehead atoms. The Morgan fingerprint density at radius 2 is 2.13 bits per heavy atom. The highest BCUT2D eigenvalue weighted by atomic mass is 16.3. The van der Waals surface area contributed by atoms with E-state index in [2.05, 4.69) is 40.1 Å². The van der Waals surface area contributed by atoms with E-state index in [-0.39, 0.29) is 18.4 Å². The van der Waals surface area contributed by atoms with Gasteiger partial charge in [-0.25, -0.2) is 4.98 Å². The molecule has 8 heteroatoms. The lowest BCUT2D eigenvalue weighted by Gasteiger charge is -2.19. The zero-order valence-electron chi connectivity index (χ0n) is 17.4. The summed E-state index contributed by atoms with van der Waals surface area (Å²) in [6.45, 7) is 2.14. The maximum Gasteiger partial charge on any atom is 0.249 e. The zero-order chi connectivity index (χ0) is 21.4. The number of nitrogens with one attached hydrogen (secondary N) is 3. The molecule has 3 heterocycles. The van der Waals surface area contributed by atoms with Crippen LogP contribution in [0.4, 0.5) is 11.6 Å². The fourth-order valence-corrected chi connectivity index (χ4v) is 3.89. The number of anilines is 2. The van der Waals surface area contributed by atoms with Gasteiger partial charge in [0.25, 0.3) is 0 Å². The maximum atomic E-state index is 12.1. The van der Waals surface area contributed by atoms with E-state index in [0.717, 1.165) is 36.5 Å². The third-order valence-electron chi connectivity index (χ3n) is 5.69. The first-order valence-corrected chi connectivity index (χ1v) is 10.8. The second-order valence-electron chi connectivity index (χ2n) is 8.16. The quantitative estimate of drug-likeness (QED) is 0.440. The summed E-state index contributed by atoms with van der Waals surface area (Å²) < 4.78 is 1.78. The number of amides is 1. The van der Waals surface area contributed by atoms with Crippen molar-refractivity contribution in [2.24, 2.45) is 0 Å². The molecule has 5 rings (SSSR count). The second kappa shape index (κ2) is 8.03. The number of aliphatic hydroxyl groups excluding tert-OH is 1. The zero-order valence-corrected chi connectivity index (χ0v) is 17.4. The molecule has 1 aliphatic heterocycles. The average Bonchev–Trinajstić information content (AvgIpc) is 3.41. The van der Waals surface area contributed by atoms with Gasteiger partial charge >= 0.3 is 0 Å². The molecule has 2 atom stereocenters. The Balaban J connectivity index is 1.53. The van der Waals surface area contributed by atoms with Gasteiger partial charge in [0, 0.05) is 29.7 Å². The van der Waals surface area contributed by atoms with Gasteiger partial charge in [-0.1, -0.05) is 37.3 Å². The fourth-order valence-electron chi connectivity index (χ4n) is 3.89. The molecule has 1 aliphatic carbocycles. The van der Waals surface area contributed by atoms with Crippen molar-refractivity contribution in [3.8, 4) is 0 Å². The molecule has 160 valence electrons. The van der Waals surface area contributed by atoms with Gasteiger partial charge in [0.05, 0.1) is 12.2 Å². The molecule has 1 aromatic carbocycles. The lowest BCUT2D eigenvalue weighted by atomic mass is 10.0. The van der Waals surface area contributed by atoms with Crippen LogP contribution in [-0.2, 0) is 4.79 Å². The number of hydrogen-bond acceptors (Lipinski definition) is 6. The topological polar surface area (TPSA) is 104 Å². The Bertz CT molecular complexity index is 1140. The predicted octanol–water partition coefficient (Wildman–Crippen LogP) is 3.09. The number of carbonyl (C=O) groups excluding carboxylic acids is 1. The number of rotatable bonds is 7. The summed E-state index contributed by atoms with van der Waals surface area (Å²) in [5.74, 6) is 1.37. The van der Waals surface area contributed by atoms with Crippen molar-refractivity contribution in [2.75, 3.05) is 10.6 Å². The van der Waals surface area contributed by atoms with Crippen LogP contribution in [0.25, 0.3) is 11.7 Å². The Labute approximate surface area is 180 Å². The van der Waals surface area contributed by atoms with Crippen LogP contribution in [0, 0.1) is 0 Å². The summed E-state index contributed by atoms with van der Waals surface area (Å²) in [7, 11) is 0. The van der Waals surface area contributed by atoms with Crippen molar-refractivity contribution in [2.45, 2.75) is 50.9 Å². The third-order valence-corrected chi connectivity index (χ3v) is 5.69. The number of aliphatic hydroxyl groups is 1. The number of benzene rings is 1. The van der Waals surface area contributed by atoms with Crippen LogP contribution in [-0.4, -0.2) is 37.9 Å². The maximum absolute atomic E-state index is 12.1. The van der Waals surface area contributed by atoms with Crippen LogP contribution in [0.3, 0.4) is 0 Å². The van der Waals surface area contributed by atoms with Crippen LogP contribution < -0.4 is 16.0 Å². The number of aromatic nitrogens is 3. The number of nitrogens with zero attached hydrogens (tertiary/aromatic N) is 3. The smallest absolute Gasteiger partial charge is 0.249 e. The third kappa shape index (κ3) is 4.11. The lowest BCUT2D eigenvalue weighted by Crippen LogP contribution is -2.24. The van der Waals surface area contributed by atoms with Crippen LogP contribution in [0.5, 0.6) is 0 Å². The number of fused-ring (bicyclic) bond motifs is 1. The molecule has 8 nitrogen and oxygen atoms in total. The van der Waals surface area contributed by atoms with E-state index in [4.69, 9.17) is 4.98 Å². The molecular weight excluding hydrogens is 392 g/mol. The molecule has 4 N–H and O–H groups in total. The normalized spacial score (nSPS) is 20.8. The van der Waals surface area contributed by atoms with Gasteiger partial charge < -0.3 is 21.1 Å². The van der Waals surface area contributed by atoms with Crippen molar-refractivity contribution in [1.82, 2.24) is 19.9 Å². The van der Waals surface area contributed by atoms with E-state index in [1.807, 2.05) is 24.3 Å². The molecule has 1 saturated carbocycles. The van der Waals surface area contributed by atoms with Gasteiger partial charge in [0.15, 0.2) is 5.65 Å². The molecule has 2 aliphatic rings. The largest absolute Gasteiger partial charge is 0.373 e. The molecule has 1 saturated heterocycles. The molecule has 3 aromatic rings. The molecule has 1 amide bonds. The molecule has 0 spiro atoms. The number of hydrogen-bond donors (Lipinski definition) is 4. The van der Waals surface area contributed by atoms with Crippen molar-refractivity contribution in [3.63, 3.8) is 0 Å². The SMILES string of the molecule is CCC(Nc1cc(NC2CC2)n2ncc(C=C3CC(O)NC3=O)c2n1)c1ccccc1. The summed E-state index contributed by atoms with van der Waals surface area (Å²) in [6.07, 6.45) is 6.11. The molecule has 2 fully saturated rings. The highest BCUT2D eigenvalue weighted by molar-refractivity contribution is 6.00. The van der Waals surface area contributed by atoms with Gasteiger partial charge in [0.2, 0.25) is 5.91 Å². The molecule has 2 aromatic heterocycles. The Morgan fingerprint density at radius 3 is 2.81 bits per heavy atom. The minimum atomic E-state index is -0.839. The first-order chi connectivity index (χ1) is 15.1. The summed E-state index contributed by atoms with van der Waals surface area (Å²) in [4.78, 5) is 16.9. The van der Waals surface area contributed by atoms with Crippen LogP contribution in [0.15, 0.2) is 48.2 Å². The van der Waals surface area contributed by atoms with Crippen molar-refractivity contribution < 1.29 is 9.90 Å². The fraction of sp³-hybridized carbons (Fsp3) is 0.348. The Morgan fingerprint density at radius 1 is 1.32 bits per heavy atom. The van der Waals surface area contributed by atoms with Gasteiger partial charge in [-0.15, -0.1) is 0 Å². The minimum Gasteiger partial charge on any atom is -0.373 e. The Hall–Kier alpha value is -3.39. The predicted molar refractivity (Wildman–Crippen MR) is 119 cm³/mol. The monoisotopic (exact) mass is 418 g/mol. The highest BCUT2D eigenvalue weighted by Gasteiger charge is 2.26. The van der Waals surface area contributed by atoms with Gasteiger partial charge in [-0.05, 0) is 30.9 Å². The lowest BCUT2D eigenvalue weighted by molar-refractivity contribution is -0.117. The van der Waals surface area contributed by atoms with Gasteiger partial charge in [-0.3, -0.25) is 4.79 Å². The molecule has 2 unspecified atom stereocenters. The van der Waals surface area contributed by atoms with Crippen LogP contribution in [0.2, 0.25) is 0 Å². The van der Waals surface area contributed by atoms with Gasteiger partial charge in [-0.2, -0.15) is 9.61 Å². The standard InChI is InChI=1S/C23H26N6O2/c1-2-18(14-6-4-3-5-7-14)26-19-12-20(25-17-8-9-17)29-22(27-19)16(13-24-29)10-15-11-21(30)28-23(15)31/h3-7,10,12-13,17-18,21,25,30H,2,8-9,11H2,1H3,(H,26,27)(H,28,31). The molecular formula is C23H26N6O2. The van der Waals surface area contributed by atoms with Gasteiger partial charge in [0.1, 0.15) is 17.9 Å². The van der Waals surface area contributed by atoms with Crippen molar-refractivity contribution in [3.05, 3.63) is 59.3 Å². The average molecular weight is 419 g/mol. The van der Waals surface area contributed by atoms with Crippen molar-refractivity contribution >= 4 is 29.3 Å². The van der Waals surface area contributed by atoms with Crippen LogP contribution in [0.1, 0.15) is 49.8 Å². The number of carbonyl (C=O) groups is 1. The van der Waals surface area contributed by atoms with E-state index in [9.17, 15) is 9.90 Å². The highest BCUT2D eigenvalue weighted by Crippen LogP contribution is 2.30. The summed E-state index contributed by atoms with van der Waals surface area (Å²) in [5.41, 5.74) is 3.14. The van der Waals surface area contributed by atoms with E-state index in [0.29, 0.717) is 17.3 Å². The van der Waals surface area contributed by atoms with E-state index in [1.54, 1.807) is 16.8 Å². The molecule has 0 radical (unpaired) electrons. The Kier molecular flexibility index (Phi) is 5.07. The van der Waals surface area contributed by atoms with E-state index < -0.39 is 6.23 Å².